The van der Waals surface area contributed by atoms with Crippen LogP contribution in [0, 0.1) is 11.6 Å². The Morgan fingerprint density at radius 3 is 1.39 bits per heavy atom. The molecule has 0 unspecified atom stereocenters. The Morgan fingerprint density at radius 1 is 0.296 bits per heavy atom. The first kappa shape index (κ1) is 31.5. The minimum atomic E-state index is -0.653. The Morgan fingerprint density at radius 2 is 0.778 bits per heavy atom. The third-order valence-electron chi connectivity index (χ3n) is 9.96. The second-order valence-corrected chi connectivity index (χ2v) is 13.3. The van der Waals surface area contributed by atoms with Gasteiger partial charge in [0.25, 0.3) is 0 Å². The van der Waals surface area contributed by atoms with Gasteiger partial charge in [-0.2, -0.15) is 0 Å². The Labute approximate surface area is 309 Å². The normalized spacial score (nSPS) is 11.5. The molecule has 0 aliphatic rings. The fourth-order valence-corrected chi connectivity index (χ4v) is 7.53. The fraction of sp³-hybridized carbons (Fsp3) is 0. The monoisotopic (exact) mass is 698 g/mol. The van der Waals surface area contributed by atoms with Crippen LogP contribution in [0.2, 0.25) is 0 Å². The van der Waals surface area contributed by atoms with Crippen molar-refractivity contribution in [3.8, 4) is 56.5 Å². The summed E-state index contributed by atoms with van der Waals surface area (Å²) < 4.78 is 29.6. The summed E-state index contributed by atoms with van der Waals surface area (Å²) in [5.41, 5.74) is 6.13. The summed E-state index contributed by atoms with van der Waals surface area (Å²) in [5.74, 6) is 0.434. The Bertz CT molecular complexity index is 3000. The van der Waals surface area contributed by atoms with Crippen molar-refractivity contribution in [2.24, 2.45) is 0 Å². The van der Waals surface area contributed by atoms with Crippen molar-refractivity contribution in [3.63, 3.8) is 0 Å². The van der Waals surface area contributed by atoms with E-state index in [0.29, 0.717) is 34.2 Å². The summed E-state index contributed by atoms with van der Waals surface area (Å²) in [6, 6.07) is 54.3. The maximum atomic E-state index is 14.8. The van der Waals surface area contributed by atoms with Gasteiger partial charge < -0.3 is 0 Å². The molecule has 6 heteroatoms. The molecule has 8 aromatic carbocycles. The smallest absolute Gasteiger partial charge is 0.164 e. The van der Waals surface area contributed by atoms with Gasteiger partial charge in [0, 0.05) is 44.5 Å². The van der Waals surface area contributed by atoms with Crippen LogP contribution >= 0.6 is 0 Å². The van der Waals surface area contributed by atoms with E-state index in [-0.39, 0.29) is 0 Å². The third kappa shape index (κ3) is 5.44. The topological polar surface area (TPSA) is 51.6 Å². The van der Waals surface area contributed by atoms with E-state index in [0.717, 1.165) is 71.6 Å². The molecule has 0 N–H and O–H groups in total. The van der Waals surface area contributed by atoms with Gasteiger partial charge in [0.05, 0.1) is 11.2 Å². The van der Waals surface area contributed by atoms with Crippen LogP contribution < -0.4 is 0 Å². The van der Waals surface area contributed by atoms with E-state index in [2.05, 4.69) is 54.6 Å². The molecule has 10 aromatic rings. The number of benzene rings is 8. The molecule has 4 nitrogen and oxygen atoms in total. The number of nitrogens with zero attached hydrogens (tertiary/aromatic N) is 4. The van der Waals surface area contributed by atoms with Crippen LogP contribution in [0.15, 0.2) is 170 Å². The molecular weight excluding hydrogens is 671 g/mol. The van der Waals surface area contributed by atoms with Crippen molar-refractivity contribution in [1.29, 1.82) is 0 Å². The second-order valence-electron chi connectivity index (χ2n) is 13.3. The van der Waals surface area contributed by atoms with Gasteiger partial charge in [-0.15, -0.1) is 0 Å². The summed E-state index contributed by atoms with van der Waals surface area (Å²) in [6.07, 6.45) is 0. The van der Waals surface area contributed by atoms with Crippen molar-refractivity contribution in [2.45, 2.75) is 0 Å². The minimum Gasteiger partial charge on any atom is -0.247 e. The standard InChI is InChI=1S/C48H28F2N4/c49-35-25-34(26-36(50)28-35)45-44-40-21-10-8-19-38(40)37-18-7-9-20-39(37)43(44)41-23-22-32(27-42(41)51-45)31-16-11-17-33(24-31)48-53-46(29-12-3-1-4-13-29)52-47(54-48)30-14-5-2-6-15-30/h1-28H. The fourth-order valence-electron chi connectivity index (χ4n) is 7.53. The number of fused-ring (bicyclic) bond motifs is 8. The maximum Gasteiger partial charge on any atom is 0.164 e. The first-order chi connectivity index (χ1) is 26.6. The lowest BCUT2D eigenvalue weighted by Crippen LogP contribution is -2.00. The molecule has 10 rings (SSSR count). The van der Waals surface area contributed by atoms with Crippen LogP contribution in [0.3, 0.4) is 0 Å². The summed E-state index contributed by atoms with van der Waals surface area (Å²) in [5, 5.41) is 6.96. The van der Waals surface area contributed by atoms with Gasteiger partial charge in [-0.25, -0.2) is 28.7 Å². The van der Waals surface area contributed by atoms with Gasteiger partial charge in [-0.05, 0) is 56.9 Å². The summed E-state index contributed by atoms with van der Waals surface area (Å²) >= 11 is 0. The third-order valence-corrected chi connectivity index (χ3v) is 9.96. The zero-order valence-electron chi connectivity index (χ0n) is 28.7. The molecule has 2 aromatic heterocycles. The Balaban J connectivity index is 1.19. The lowest BCUT2D eigenvalue weighted by Gasteiger charge is -2.17. The molecule has 0 bridgehead atoms. The van der Waals surface area contributed by atoms with Gasteiger partial charge in [0.2, 0.25) is 0 Å². The molecule has 0 aliphatic carbocycles. The molecule has 254 valence electrons. The van der Waals surface area contributed by atoms with E-state index in [1.807, 2.05) is 97.1 Å². The SMILES string of the molecule is Fc1cc(F)cc(-c2nc3cc(-c4cccc(-c5nc(-c6ccccc6)nc(-c6ccccc6)n5)c4)ccc3c3c4ccccc4c4ccccc4c23)c1. The minimum absolute atomic E-state index is 0.380. The van der Waals surface area contributed by atoms with E-state index in [1.165, 1.54) is 12.1 Å². The van der Waals surface area contributed by atoms with Crippen LogP contribution in [0.5, 0.6) is 0 Å². The van der Waals surface area contributed by atoms with Crippen LogP contribution in [0.25, 0.3) is 99.8 Å². The number of pyridine rings is 1. The average Bonchev–Trinajstić information content (AvgIpc) is 3.23. The van der Waals surface area contributed by atoms with Crippen molar-refractivity contribution in [2.75, 3.05) is 0 Å². The van der Waals surface area contributed by atoms with Gasteiger partial charge >= 0.3 is 0 Å². The van der Waals surface area contributed by atoms with Crippen molar-refractivity contribution in [1.82, 2.24) is 19.9 Å². The highest BCUT2D eigenvalue weighted by Crippen LogP contribution is 2.43. The first-order valence-corrected chi connectivity index (χ1v) is 17.7. The molecule has 2 heterocycles. The van der Waals surface area contributed by atoms with E-state index in [9.17, 15) is 8.78 Å². The van der Waals surface area contributed by atoms with Crippen molar-refractivity contribution in [3.05, 3.63) is 181 Å². The molecule has 0 aliphatic heterocycles. The second kappa shape index (κ2) is 12.8. The van der Waals surface area contributed by atoms with Crippen LogP contribution in [0.1, 0.15) is 0 Å². The summed E-state index contributed by atoms with van der Waals surface area (Å²) in [4.78, 5) is 19.9. The van der Waals surface area contributed by atoms with Crippen LogP contribution in [0.4, 0.5) is 8.78 Å². The molecule has 54 heavy (non-hydrogen) atoms. The molecule has 0 atom stereocenters. The van der Waals surface area contributed by atoms with Crippen molar-refractivity contribution < 1.29 is 8.78 Å². The quantitative estimate of drug-likeness (QED) is 0.168. The van der Waals surface area contributed by atoms with Gasteiger partial charge in [0.1, 0.15) is 11.6 Å². The molecule has 0 radical (unpaired) electrons. The highest BCUT2D eigenvalue weighted by molar-refractivity contribution is 6.33. The molecule has 0 amide bonds. The lowest BCUT2D eigenvalue weighted by atomic mass is 9.89. The molecule has 0 saturated heterocycles. The zero-order valence-corrected chi connectivity index (χ0v) is 28.7. The number of hydrogen-bond donors (Lipinski definition) is 0. The summed E-state index contributed by atoms with van der Waals surface area (Å²) in [6.45, 7) is 0. The van der Waals surface area contributed by atoms with E-state index in [4.69, 9.17) is 19.9 Å². The molecule has 0 saturated carbocycles. The predicted molar refractivity (Wildman–Crippen MR) is 215 cm³/mol. The zero-order chi connectivity index (χ0) is 36.2. The maximum absolute atomic E-state index is 14.8. The molecule has 0 fully saturated rings. The van der Waals surface area contributed by atoms with E-state index < -0.39 is 11.6 Å². The van der Waals surface area contributed by atoms with Crippen molar-refractivity contribution >= 4 is 43.2 Å². The molecular formula is C48H28F2N4. The highest BCUT2D eigenvalue weighted by Gasteiger charge is 2.19. The van der Waals surface area contributed by atoms with Crippen LogP contribution in [-0.2, 0) is 0 Å². The summed E-state index contributed by atoms with van der Waals surface area (Å²) in [7, 11) is 0. The lowest BCUT2D eigenvalue weighted by molar-refractivity contribution is 0.584. The largest absolute Gasteiger partial charge is 0.247 e. The first-order valence-electron chi connectivity index (χ1n) is 17.7. The van der Waals surface area contributed by atoms with Gasteiger partial charge in [-0.3, -0.25) is 0 Å². The van der Waals surface area contributed by atoms with E-state index >= 15 is 0 Å². The van der Waals surface area contributed by atoms with Gasteiger partial charge in [0.15, 0.2) is 17.5 Å². The average molecular weight is 699 g/mol. The number of halogens is 2. The predicted octanol–water partition coefficient (Wildman–Crippen LogP) is 12.5. The van der Waals surface area contributed by atoms with Crippen LogP contribution in [-0.4, -0.2) is 19.9 Å². The number of aromatic nitrogens is 4. The Hall–Kier alpha value is -7.18. The molecule has 0 spiro atoms. The number of hydrogen-bond acceptors (Lipinski definition) is 4. The Kier molecular flexibility index (Phi) is 7.47. The number of rotatable bonds is 5. The van der Waals surface area contributed by atoms with E-state index in [1.54, 1.807) is 0 Å². The van der Waals surface area contributed by atoms with Gasteiger partial charge in [-0.1, -0.05) is 140 Å². The highest BCUT2D eigenvalue weighted by atomic mass is 19.1.